The highest BCUT2D eigenvalue weighted by Crippen LogP contribution is 2.20. The fraction of sp³-hybridized carbons (Fsp3) is 0.250. The van der Waals surface area contributed by atoms with Crippen molar-refractivity contribution in [3.63, 3.8) is 0 Å². The first-order valence-corrected chi connectivity index (χ1v) is 7.29. The van der Waals surface area contributed by atoms with Crippen LogP contribution in [0.1, 0.15) is 17.5 Å². The Bertz CT molecular complexity index is 574. The van der Waals surface area contributed by atoms with Crippen molar-refractivity contribution in [1.29, 1.82) is 0 Å². The van der Waals surface area contributed by atoms with E-state index in [2.05, 4.69) is 31.4 Å². The third-order valence-electron chi connectivity index (χ3n) is 2.20. The van der Waals surface area contributed by atoms with E-state index in [4.69, 9.17) is 4.74 Å². The molecule has 1 amide bonds. The van der Waals surface area contributed by atoms with E-state index in [9.17, 15) is 4.79 Å². The van der Waals surface area contributed by atoms with Gasteiger partial charge in [-0.2, -0.15) is 0 Å². The van der Waals surface area contributed by atoms with Crippen molar-refractivity contribution in [3.8, 4) is 0 Å². The molecule has 0 spiro atoms. The number of halogens is 1. The molecule has 7 heteroatoms. The number of hydrogen-bond donors (Lipinski definition) is 1. The number of carbonyl (C=O) groups is 1. The number of anilines is 1. The van der Waals surface area contributed by atoms with Gasteiger partial charge in [-0.05, 0) is 24.6 Å². The summed E-state index contributed by atoms with van der Waals surface area (Å²) in [6, 6.07) is 7.99. The normalized spacial score (nSPS) is 10.2. The van der Waals surface area contributed by atoms with E-state index in [0.29, 0.717) is 18.2 Å². The monoisotopic (exact) mass is 341 g/mol. The fourth-order valence-electron chi connectivity index (χ4n) is 1.45. The summed E-state index contributed by atoms with van der Waals surface area (Å²) in [5.74, 6) is 0. The van der Waals surface area contributed by atoms with Gasteiger partial charge in [0.2, 0.25) is 5.13 Å². The molecule has 0 saturated carbocycles. The van der Waals surface area contributed by atoms with Gasteiger partial charge >= 0.3 is 6.09 Å². The van der Waals surface area contributed by atoms with E-state index >= 15 is 0 Å². The molecule has 1 aromatic heterocycles. The first-order valence-electron chi connectivity index (χ1n) is 5.68. The van der Waals surface area contributed by atoms with E-state index in [1.807, 2.05) is 24.3 Å². The Kier molecular flexibility index (Phi) is 4.86. The summed E-state index contributed by atoms with van der Waals surface area (Å²) >= 11 is 4.76. The van der Waals surface area contributed by atoms with Crippen LogP contribution in [0, 0.1) is 0 Å². The predicted molar refractivity (Wildman–Crippen MR) is 77.5 cm³/mol. The number of ether oxygens (including phenoxy) is 1. The second-order valence-corrected chi connectivity index (χ2v) is 5.63. The van der Waals surface area contributed by atoms with Crippen LogP contribution in [0.5, 0.6) is 0 Å². The summed E-state index contributed by atoms with van der Waals surface area (Å²) in [5, 5.41) is 11.8. The Morgan fingerprint density at radius 1 is 1.47 bits per heavy atom. The van der Waals surface area contributed by atoms with Crippen LogP contribution >= 0.6 is 27.3 Å². The molecule has 100 valence electrons. The van der Waals surface area contributed by atoms with Gasteiger partial charge in [0.1, 0.15) is 5.01 Å². The highest BCUT2D eigenvalue weighted by Gasteiger charge is 2.09. The Labute approximate surface area is 123 Å². The average molecular weight is 342 g/mol. The molecule has 1 heterocycles. The molecule has 0 saturated heterocycles. The molecule has 0 atom stereocenters. The lowest BCUT2D eigenvalue weighted by Crippen LogP contribution is -2.12. The smallest absolute Gasteiger partial charge is 0.413 e. The number of nitrogens with zero attached hydrogens (tertiary/aromatic N) is 2. The molecule has 0 bridgehead atoms. The van der Waals surface area contributed by atoms with E-state index < -0.39 is 6.09 Å². The molecule has 19 heavy (non-hydrogen) atoms. The largest absolute Gasteiger partial charge is 0.450 e. The third-order valence-corrected chi connectivity index (χ3v) is 3.53. The average Bonchev–Trinajstić information content (AvgIpc) is 2.76. The molecule has 0 radical (unpaired) electrons. The molecule has 0 aliphatic heterocycles. The Morgan fingerprint density at radius 2 is 2.32 bits per heavy atom. The van der Waals surface area contributed by atoms with Crippen molar-refractivity contribution in [2.45, 2.75) is 13.3 Å². The Hall–Kier alpha value is -1.47. The maximum absolute atomic E-state index is 11.2. The zero-order valence-electron chi connectivity index (χ0n) is 10.2. The molecular formula is C12H12BrN3O2S. The van der Waals surface area contributed by atoms with Crippen molar-refractivity contribution in [2.75, 3.05) is 11.9 Å². The van der Waals surface area contributed by atoms with Crippen LogP contribution in [0.3, 0.4) is 0 Å². The SMILES string of the molecule is CCOC(=O)Nc1nnc(Cc2cccc(Br)c2)s1. The molecule has 2 aromatic rings. The minimum Gasteiger partial charge on any atom is -0.450 e. The molecule has 0 unspecified atom stereocenters. The highest BCUT2D eigenvalue weighted by atomic mass is 79.9. The fourth-order valence-corrected chi connectivity index (χ4v) is 2.66. The van der Waals surface area contributed by atoms with Gasteiger partial charge in [0.05, 0.1) is 6.61 Å². The number of benzene rings is 1. The first-order chi connectivity index (χ1) is 9.17. The summed E-state index contributed by atoms with van der Waals surface area (Å²) in [5.41, 5.74) is 1.13. The molecule has 1 aromatic carbocycles. The second kappa shape index (κ2) is 6.63. The highest BCUT2D eigenvalue weighted by molar-refractivity contribution is 9.10. The van der Waals surface area contributed by atoms with E-state index in [1.165, 1.54) is 11.3 Å². The van der Waals surface area contributed by atoms with Gasteiger partial charge in [0, 0.05) is 10.9 Å². The van der Waals surface area contributed by atoms with E-state index in [1.54, 1.807) is 6.92 Å². The van der Waals surface area contributed by atoms with Crippen LogP contribution in [-0.4, -0.2) is 22.9 Å². The van der Waals surface area contributed by atoms with Crippen LogP contribution in [-0.2, 0) is 11.2 Å². The van der Waals surface area contributed by atoms with Crippen LogP contribution in [0.2, 0.25) is 0 Å². The van der Waals surface area contributed by atoms with Crippen LogP contribution in [0.15, 0.2) is 28.7 Å². The molecule has 0 aliphatic rings. The molecule has 0 fully saturated rings. The topological polar surface area (TPSA) is 64.1 Å². The number of hydrogen-bond acceptors (Lipinski definition) is 5. The lowest BCUT2D eigenvalue weighted by molar-refractivity contribution is 0.168. The van der Waals surface area contributed by atoms with Gasteiger partial charge in [0.15, 0.2) is 0 Å². The first kappa shape index (κ1) is 14.0. The summed E-state index contributed by atoms with van der Waals surface area (Å²) in [6.45, 7) is 2.08. The minimum absolute atomic E-state index is 0.329. The Morgan fingerprint density at radius 3 is 3.05 bits per heavy atom. The lowest BCUT2D eigenvalue weighted by atomic mass is 10.2. The maximum Gasteiger partial charge on any atom is 0.413 e. The number of rotatable bonds is 4. The predicted octanol–water partition coefficient (Wildman–Crippen LogP) is 3.46. The number of nitrogens with one attached hydrogen (secondary N) is 1. The minimum atomic E-state index is -0.507. The molecule has 0 aliphatic carbocycles. The third kappa shape index (κ3) is 4.29. The summed E-state index contributed by atoms with van der Waals surface area (Å²) in [4.78, 5) is 11.2. The zero-order chi connectivity index (χ0) is 13.7. The quantitative estimate of drug-likeness (QED) is 0.924. The van der Waals surface area contributed by atoms with Gasteiger partial charge in [-0.1, -0.05) is 39.4 Å². The van der Waals surface area contributed by atoms with Crippen LogP contribution < -0.4 is 5.32 Å². The van der Waals surface area contributed by atoms with Crippen molar-refractivity contribution < 1.29 is 9.53 Å². The number of aromatic nitrogens is 2. The van der Waals surface area contributed by atoms with Gasteiger partial charge < -0.3 is 4.74 Å². The zero-order valence-corrected chi connectivity index (χ0v) is 12.6. The molecule has 1 N–H and O–H groups in total. The standard InChI is InChI=1S/C12H12BrN3O2S/c1-2-18-12(17)14-11-16-15-10(19-11)7-8-4-3-5-9(13)6-8/h3-6H,2,7H2,1H3,(H,14,16,17). The Balaban J connectivity index is 1.99. The molecular weight excluding hydrogens is 330 g/mol. The lowest BCUT2D eigenvalue weighted by Gasteiger charge is -1.99. The maximum atomic E-state index is 11.2. The molecule has 2 rings (SSSR count). The van der Waals surface area contributed by atoms with Crippen molar-refractivity contribution in [2.24, 2.45) is 0 Å². The summed E-state index contributed by atoms with van der Waals surface area (Å²) in [7, 11) is 0. The van der Waals surface area contributed by atoms with Crippen LogP contribution in [0.25, 0.3) is 0 Å². The van der Waals surface area contributed by atoms with Gasteiger partial charge in [0.25, 0.3) is 0 Å². The number of amides is 1. The van der Waals surface area contributed by atoms with Gasteiger partial charge in [-0.3, -0.25) is 5.32 Å². The van der Waals surface area contributed by atoms with E-state index in [-0.39, 0.29) is 0 Å². The number of carbonyl (C=O) groups excluding carboxylic acids is 1. The van der Waals surface area contributed by atoms with E-state index in [0.717, 1.165) is 15.0 Å². The van der Waals surface area contributed by atoms with Gasteiger partial charge in [-0.25, -0.2) is 4.79 Å². The van der Waals surface area contributed by atoms with Crippen molar-refractivity contribution in [1.82, 2.24) is 10.2 Å². The van der Waals surface area contributed by atoms with Crippen molar-refractivity contribution in [3.05, 3.63) is 39.3 Å². The van der Waals surface area contributed by atoms with Gasteiger partial charge in [-0.15, -0.1) is 10.2 Å². The van der Waals surface area contributed by atoms with Crippen molar-refractivity contribution >= 4 is 38.5 Å². The van der Waals surface area contributed by atoms with Crippen LogP contribution in [0.4, 0.5) is 9.93 Å². The summed E-state index contributed by atoms with van der Waals surface area (Å²) in [6.07, 6.45) is 0.175. The second-order valence-electron chi connectivity index (χ2n) is 3.65. The summed E-state index contributed by atoms with van der Waals surface area (Å²) < 4.78 is 5.80. The molecule has 5 nitrogen and oxygen atoms in total.